The minimum absolute atomic E-state index is 0.305. The van der Waals surface area contributed by atoms with E-state index in [4.69, 9.17) is 20.6 Å². The summed E-state index contributed by atoms with van der Waals surface area (Å²) in [5, 5.41) is 2.21. The number of fused-ring (bicyclic) bond motifs is 3. The largest absolute Gasteiger partial charge is 0.493 e. The molecule has 0 bridgehead atoms. The molecule has 0 saturated heterocycles. The molecule has 0 spiro atoms. The van der Waals surface area contributed by atoms with Gasteiger partial charge in [0.25, 0.3) is 5.91 Å². The lowest BCUT2D eigenvalue weighted by molar-refractivity contribution is 0.0997. The number of benzene rings is 3. The lowest BCUT2D eigenvalue weighted by atomic mass is 10.1. The standard InChI is InChI=1S/C24H20N2O4S/c1-5-12-26-18-11-10-15-8-6-7-9-17(15)22(18)31-24(26)25-23(27)16-13-19(28-2)21(30-4)20(14-16)29-3/h1,6-11,13-14H,12H2,2-4H3. The zero-order valence-corrected chi connectivity index (χ0v) is 18.2. The van der Waals surface area contributed by atoms with E-state index in [0.29, 0.717) is 34.2 Å². The van der Waals surface area contributed by atoms with Gasteiger partial charge in [-0.15, -0.1) is 6.42 Å². The highest BCUT2D eigenvalue weighted by molar-refractivity contribution is 7.17. The second-order valence-corrected chi connectivity index (χ2v) is 7.62. The molecule has 1 aromatic heterocycles. The van der Waals surface area contributed by atoms with Crippen LogP contribution >= 0.6 is 11.3 Å². The SMILES string of the molecule is C#CCn1c(=NC(=O)c2cc(OC)c(OC)c(OC)c2)sc2c3ccccc3ccc21. The number of aromatic nitrogens is 1. The molecule has 1 amide bonds. The monoisotopic (exact) mass is 432 g/mol. The first-order valence-corrected chi connectivity index (χ1v) is 10.3. The summed E-state index contributed by atoms with van der Waals surface area (Å²) in [7, 11) is 4.51. The maximum Gasteiger partial charge on any atom is 0.279 e. The molecule has 0 atom stereocenters. The van der Waals surface area contributed by atoms with Crippen LogP contribution in [0.2, 0.25) is 0 Å². The van der Waals surface area contributed by atoms with Crippen LogP contribution in [0.3, 0.4) is 0 Å². The van der Waals surface area contributed by atoms with Crippen LogP contribution in [-0.4, -0.2) is 31.8 Å². The van der Waals surface area contributed by atoms with E-state index in [9.17, 15) is 4.79 Å². The van der Waals surface area contributed by atoms with E-state index in [2.05, 4.69) is 23.0 Å². The maximum atomic E-state index is 13.1. The number of terminal acetylenes is 1. The van der Waals surface area contributed by atoms with Gasteiger partial charge in [0.2, 0.25) is 5.75 Å². The van der Waals surface area contributed by atoms with Crippen LogP contribution in [0, 0.1) is 12.3 Å². The second-order valence-electron chi connectivity index (χ2n) is 6.64. The van der Waals surface area contributed by atoms with Crippen molar-refractivity contribution in [3.8, 4) is 29.6 Å². The summed E-state index contributed by atoms with van der Waals surface area (Å²) in [5.41, 5.74) is 1.27. The Morgan fingerprint density at radius 3 is 2.42 bits per heavy atom. The maximum absolute atomic E-state index is 13.1. The predicted octanol–water partition coefficient (Wildman–Crippen LogP) is 4.26. The Morgan fingerprint density at radius 1 is 1.06 bits per heavy atom. The van der Waals surface area contributed by atoms with E-state index >= 15 is 0 Å². The fourth-order valence-electron chi connectivity index (χ4n) is 3.48. The van der Waals surface area contributed by atoms with Crippen molar-refractivity contribution in [2.75, 3.05) is 21.3 Å². The van der Waals surface area contributed by atoms with Crippen molar-refractivity contribution in [2.45, 2.75) is 6.54 Å². The van der Waals surface area contributed by atoms with Gasteiger partial charge in [0, 0.05) is 10.9 Å². The number of nitrogens with zero attached hydrogens (tertiary/aromatic N) is 2. The van der Waals surface area contributed by atoms with Gasteiger partial charge in [0.1, 0.15) is 0 Å². The molecular formula is C24H20N2O4S. The molecule has 0 aliphatic rings. The first-order valence-electron chi connectivity index (χ1n) is 9.45. The summed E-state index contributed by atoms with van der Waals surface area (Å²) >= 11 is 1.44. The van der Waals surface area contributed by atoms with Gasteiger partial charge in [-0.05, 0) is 23.6 Å². The number of rotatable bonds is 5. The molecular weight excluding hydrogens is 412 g/mol. The summed E-state index contributed by atoms with van der Waals surface area (Å²) in [6, 6.07) is 15.3. The average molecular weight is 433 g/mol. The van der Waals surface area contributed by atoms with E-state index in [0.717, 1.165) is 21.0 Å². The Labute approximate surface area is 183 Å². The average Bonchev–Trinajstić information content (AvgIpc) is 3.15. The zero-order valence-electron chi connectivity index (χ0n) is 17.3. The van der Waals surface area contributed by atoms with Gasteiger partial charge in [0.05, 0.1) is 38.1 Å². The van der Waals surface area contributed by atoms with Gasteiger partial charge in [0.15, 0.2) is 16.3 Å². The van der Waals surface area contributed by atoms with Crippen LogP contribution in [0.4, 0.5) is 0 Å². The number of thiazole rings is 1. The van der Waals surface area contributed by atoms with Crippen LogP contribution in [-0.2, 0) is 6.54 Å². The van der Waals surface area contributed by atoms with E-state index < -0.39 is 5.91 Å². The highest BCUT2D eigenvalue weighted by Gasteiger charge is 2.17. The third-order valence-electron chi connectivity index (χ3n) is 4.93. The molecule has 0 radical (unpaired) electrons. The molecule has 0 aliphatic carbocycles. The quantitative estimate of drug-likeness (QED) is 0.442. The zero-order chi connectivity index (χ0) is 22.0. The summed E-state index contributed by atoms with van der Waals surface area (Å²) < 4.78 is 18.9. The lowest BCUT2D eigenvalue weighted by Crippen LogP contribution is -2.16. The van der Waals surface area contributed by atoms with Crippen molar-refractivity contribution in [3.05, 3.63) is 58.9 Å². The summed E-state index contributed by atoms with van der Waals surface area (Å²) in [6.07, 6.45) is 5.60. The molecule has 3 aromatic carbocycles. The first-order chi connectivity index (χ1) is 15.1. The first kappa shape index (κ1) is 20.5. The van der Waals surface area contributed by atoms with Crippen molar-refractivity contribution >= 4 is 38.2 Å². The molecule has 0 unspecified atom stereocenters. The Bertz CT molecular complexity index is 1380. The summed E-state index contributed by atoms with van der Waals surface area (Å²) in [5.74, 6) is 3.42. The van der Waals surface area contributed by atoms with Crippen molar-refractivity contribution < 1.29 is 19.0 Å². The molecule has 0 aliphatic heterocycles. The molecule has 0 fully saturated rings. The van der Waals surface area contributed by atoms with Gasteiger partial charge < -0.3 is 18.8 Å². The van der Waals surface area contributed by atoms with Crippen LogP contribution in [0.1, 0.15) is 10.4 Å². The number of amides is 1. The van der Waals surface area contributed by atoms with Gasteiger partial charge in [-0.25, -0.2) is 0 Å². The highest BCUT2D eigenvalue weighted by Crippen LogP contribution is 2.38. The molecule has 1 heterocycles. The molecule has 7 heteroatoms. The Morgan fingerprint density at radius 2 is 1.77 bits per heavy atom. The van der Waals surface area contributed by atoms with E-state index in [1.165, 1.54) is 32.7 Å². The predicted molar refractivity (Wildman–Crippen MR) is 122 cm³/mol. The molecule has 31 heavy (non-hydrogen) atoms. The third-order valence-corrected chi connectivity index (χ3v) is 6.06. The number of carbonyl (C=O) groups is 1. The molecule has 0 saturated carbocycles. The van der Waals surface area contributed by atoms with E-state index in [1.54, 1.807) is 12.1 Å². The number of hydrogen-bond donors (Lipinski definition) is 0. The molecule has 156 valence electrons. The topological polar surface area (TPSA) is 62.1 Å². The van der Waals surface area contributed by atoms with Crippen LogP contribution in [0.25, 0.3) is 21.0 Å². The van der Waals surface area contributed by atoms with Crippen molar-refractivity contribution in [1.29, 1.82) is 0 Å². The number of ether oxygens (including phenoxy) is 3. The Balaban J connectivity index is 1.91. The number of methoxy groups -OCH3 is 3. The molecule has 4 aromatic rings. The van der Waals surface area contributed by atoms with Gasteiger partial charge in [-0.3, -0.25) is 4.79 Å². The van der Waals surface area contributed by atoms with Crippen molar-refractivity contribution in [3.63, 3.8) is 0 Å². The van der Waals surface area contributed by atoms with Gasteiger partial charge >= 0.3 is 0 Å². The highest BCUT2D eigenvalue weighted by atomic mass is 32.1. The van der Waals surface area contributed by atoms with E-state index in [-0.39, 0.29) is 0 Å². The Kier molecular flexibility index (Phi) is 5.65. The Hall–Kier alpha value is -3.76. The number of hydrogen-bond acceptors (Lipinski definition) is 5. The minimum atomic E-state index is -0.430. The van der Waals surface area contributed by atoms with Crippen molar-refractivity contribution in [1.82, 2.24) is 4.57 Å². The van der Waals surface area contributed by atoms with Crippen LogP contribution < -0.4 is 19.0 Å². The second kappa shape index (κ2) is 8.54. The molecule has 4 rings (SSSR count). The fourth-order valence-corrected chi connectivity index (χ4v) is 4.65. The van der Waals surface area contributed by atoms with Crippen LogP contribution in [0.15, 0.2) is 53.5 Å². The normalized spacial score (nSPS) is 11.5. The smallest absolute Gasteiger partial charge is 0.279 e. The molecule has 0 N–H and O–H groups in total. The van der Waals surface area contributed by atoms with E-state index in [1.807, 2.05) is 28.8 Å². The third kappa shape index (κ3) is 3.62. The van der Waals surface area contributed by atoms with Gasteiger partial charge in [-0.1, -0.05) is 47.6 Å². The summed E-state index contributed by atoms with van der Waals surface area (Å²) in [4.78, 5) is 18.0. The van der Waals surface area contributed by atoms with Crippen LogP contribution in [0.5, 0.6) is 17.2 Å². The lowest BCUT2D eigenvalue weighted by Gasteiger charge is -2.12. The summed E-state index contributed by atoms with van der Waals surface area (Å²) in [6.45, 7) is 0.305. The van der Waals surface area contributed by atoms with Crippen molar-refractivity contribution in [2.24, 2.45) is 4.99 Å². The van der Waals surface area contributed by atoms with Gasteiger partial charge in [-0.2, -0.15) is 4.99 Å². The fraction of sp³-hybridized carbons (Fsp3) is 0.167. The molecule has 6 nitrogen and oxygen atoms in total. The minimum Gasteiger partial charge on any atom is -0.493 e. The number of carbonyl (C=O) groups excluding carboxylic acids is 1.